The Balaban J connectivity index is 1.63. The van der Waals surface area contributed by atoms with Gasteiger partial charge in [-0.05, 0) is 42.5 Å². The summed E-state index contributed by atoms with van der Waals surface area (Å²) in [6.45, 7) is 0. The minimum absolute atomic E-state index is 0.155. The molecule has 1 aromatic carbocycles. The first-order chi connectivity index (χ1) is 12.6. The third-order valence-electron chi connectivity index (χ3n) is 4.94. The number of H-pyrrole nitrogens is 1. The lowest BCUT2D eigenvalue weighted by Crippen LogP contribution is -2.41. The van der Waals surface area contributed by atoms with E-state index < -0.39 is 0 Å². The maximum absolute atomic E-state index is 12.6. The van der Waals surface area contributed by atoms with Crippen molar-refractivity contribution < 1.29 is 9.90 Å². The van der Waals surface area contributed by atoms with E-state index in [9.17, 15) is 9.90 Å². The molecule has 0 unspecified atom stereocenters. The van der Waals surface area contributed by atoms with Crippen molar-refractivity contribution in [3.8, 4) is 6.07 Å². The molecule has 1 saturated carbocycles. The molecule has 0 bridgehead atoms. The number of carbonyl (C=O) groups is 1. The van der Waals surface area contributed by atoms with Crippen molar-refractivity contribution in [2.24, 2.45) is 5.92 Å². The number of hydrogen-bond acceptors (Lipinski definition) is 4. The molecule has 0 saturated heterocycles. The van der Waals surface area contributed by atoms with Gasteiger partial charge in [-0.2, -0.15) is 5.26 Å². The molecule has 1 fully saturated rings. The van der Waals surface area contributed by atoms with Crippen LogP contribution in [0.1, 0.15) is 40.5 Å². The highest BCUT2D eigenvalue weighted by Gasteiger charge is 2.36. The lowest BCUT2D eigenvalue weighted by Gasteiger charge is -2.38. The van der Waals surface area contributed by atoms with Gasteiger partial charge in [-0.1, -0.05) is 18.2 Å². The molecule has 1 atom stereocenters. The smallest absolute Gasteiger partial charge is 0.268 e. The van der Waals surface area contributed by atoms with E-state index in [1.807, 2.05) is 36.4 Å². The SMILES string of the molecule is N#Cc1c[nH]c(C(=O)N[C@@H](c2cnc3ccccc3c2)C2CC(O)C2)c1. The fraction of sp³-hybridized carbons (Fsp3) is 0.250. The Bertz CT molecular complexity index is 998. The molecular weight excluding hydrogens is 328 g/mol. The molecule has 130 valence electrons. The van der Waals surface area contributed by atoms with Crippen LogP contribution in [0.4, 0.5) is 0 Å². The molecule has 1 amide bonds. The van der Waals surface area contributed by atoms with Crippen LogP contribution in [0.25, 0.3) is 10.9 Å². The molecule has 6 heteroatoms. The Morgan fingerprint density at radius 2 is 2.15 bits per heavy atom. The third kappa shape index (κ3) is 3.05. The number of amides is 1. The number of aromatic nitrogens is 2. The number of aromatic amines is 1. The lowest BCUT2D eigenvalue weighted by molar-refractivity contribution is 0.0234. The zero-order valence-electron chi connectivity index (χ0n) is 14.0. The van der Waals surface area contributed by atoms with Crippen molar-refractivity contribution in [3.05, 3.63) is 65.6 Å². The molecule has 3 aromatic rings. The molecular formula is C20H18N4O2. The molecule has 0 radical (unpaired) electrons. The fourth-order valence-corrected chi connectivity index (χ4v) is 3.44. The summed E-state index contributed by atoms with van der Waals surface area (Å²) in [5.74, 6) is -0.117. The molecule has 0 spiro atoms. The van der Waals surface area contributed by atoms with Crippen molar-refractivity contribution in [3.63, 3.8) is 0 Å². The van der Waals surface area contributed by atoms with E-state index in [4.69, 9.17) is 5.26 Å². The highest BCUT2D eigenvalue weighted by Crippen LogP contribution is 2.38. The summed E-state index contributed by atoms with van der Waals surface area (Å²) >= 11 is 0. The van der Waals surface area contributed by atoms with Crippen molar-refractivity contribution in [1.29, 1.82) is 5.26 Å². The molecule has 3 N–H and O–H groups in total. The van der Waals surface area contributed by atoms with E-state index in [1.165, 1.54) is 12.3 Å². The Kier molecular flexibility index (Phi) is 4.15. The van der Waals surface area contributed by atoms with Gasteiger partial charge >= 0.3 is 0 Å². The number of rotatable bonds is 4. The lowest BCUT2D eigenvalue weighted by atomic mass is 9.75. The quantitative estimate of drug-likeness (QED) is 0.676. The van der Waals surface area contributed by atoms with E-state index >= 15 is 0 Å². The molecule has 2 aromatic heterocycles. The van der Waals surface area contributed by atoms with Gasteiger partial charge in [-0.15, -0.1) is 0 Å². The summed E-state index contributed by atoms with van der Waals surface area (Å²) in [6, 6.07) is 13.2. The van der Waals surface area contributed by atoms with Crippen molar-refractivity contribution in [1.82, 2.24) is 15.3 Å². The predicted molar refractivity (Wildman–Crippen MR) is 96.2 cm³/mol. The normalized spacial score (nSPS) is 20.2. The van der Waals surface area contributed by atoms with Gasteiger partial charge in [0, 0.05) is 17.8 Å². The van der Waals surface area contributed by atoms with E-state index in [0.717, 1.165) is 16.5 Å². The molecule has 0 aliphatic heterocycles. The van der Waals surface area contributed by atoms with Crippen LogP contribution < -0.4 is 5.32 Å². The first kappa shape index (κ1) is 16.3. The monoisotopic (exact) mass is 346 g/mol. The molecule has 4 rings (SSSR count). The number of nitriles is 1. The number of fused-ring (bicyclic) bond motifs is 1. The number of carbonyl (C=O) groups excluding carboxylic acids is 1. The Morgan fingerprint density at radius 1 is 1.35 bits per heavy atom. The zero-order valence-corrected chi connectivity index (χ0v) is 14.0. The van der Waals surface area contributed by atoms with Crippen LogP contribution in [-0.2, 0) is 0 Å². The minimum atomic E-state index is -0.316. The maximum Gasteiger partial charge on any atom is 0.268 e. The van der Waals surface area contributed by atoms with Crippen LogP contribution in [0.5, 0.6) is 0 Å². The highest BCUT2D eigenvalue weighted by atomic mass is 16.3. The number of para-hydroxylation sites is 1. The molecule has 1 aliphatic rings. The largest absolute Gasteiger partial charge is 0.393 e. The summed E-state index contributed by atoms with van der Waals surface area (Å²) in [5, 5.41) is 22.7. The number of nitrogens with zero attached hydrogens (tertiary/aromatic N) is 2. The maximum atomic E-state index is 12.6. The van der Waals surface area contributed by atoms with Gasteiger partial charge in [0.1, 0.15) is 11.8 Å². The number of benzene rings is 1. The number of aliphatic hydroxyl groups excluding tert-OH is 1. The first-order valence-corrected chi connectivity index (χ1v) is 8.56. The topological polar surface area (TPSA) is 102 Å². The van der Waals surface area contributed by atoms with Gasteiger partial charge in [0.05, 0.1) is 23.2 Å². The Hall–Kier alpha value is -3.17. The molecule has 2 heterocycles. The highest BCUT2D eigenvalue weighted by molar-refractivity contribution is 5.93. The third-order valence-corrected chi connectivity index (χ3v) is 4.94. The van der Waals surface area contributed by atoms with Crippen LogP contribution in [0, 0.1) is 17.2 Å². The minimum Gasteiger partial charge on any atom is -0.393 e. The fourth-order valence-electron chi connectivity index (χ4n) is 3.44. The summed E-state index contributed by atoms with van der Waals surface area (Å²) in [7, 11) is 0. The Labute approximate surface area is 150 Å². The van der Waals surface area contributed by atoms with Gasteiger partial charge in [-0.3, -0.25) is 9.78 Å². The average Bonchev–Trinajstić information content (AvgIpc) is 3.13. The Morgan fingerprint density at radius 3 is 2.88 bits per heavy atom. The van der Waals surface area contributed by atoms with Crippen LogP contribution in [-0.4, -0.2) is 27.1 Å². The van der Waals surface area contributed by atoms with E-state index in [1.54, 1.807) is 6.20 Å². The van der Waals surface area contributed by atoms with E-state index in [0.29, 0.717) is 24.1 Å². The van der Waals surface area contributed by atoms with Gasteiger partial charge in [0.15, 0.2) is 0 Å². The van der Waals surface area contributed by atoms with Crippen LogP contribution >= 0.6 is 0 Å². The number of hydrogen-bond donors (Lipinski definition) is 3. The predicted octanol–water partition coefficient (Wildman–Crippen LogP) is 2.68. The van der Waals surface area contributed by atoms with Gasteiger partial charge in [0.2, 0.25) is 0 Å². The molecule has 26 heavy (non-hydrogen) atoms. The second kappa shape index (κ2) is 6.62. The van der Waals surface area contributed by atoms with Gasteiger partial charge in [-0.25, -0.2) is 0 Å². The number of pyridine rings is 1. The van der Waals surface area contributed by atoms with Crippen LogP contribution in [0.2, 0.25) is 0 Å². The summed E-state index contributed by atoms with van der Waals surface area (Å²) in [6.07, 6.45) is 4.27. The van der Waals surface area contributed by atoms with E-state index in [2.05, 4.69) is 15.3 Å². The molecule has 6 nitrogen and oxygen atoms in total. The second-order valence-electron chi connectivity index (χ2n) is 6.71. The average molecular weight is 346 g/mol. The first-order valence-electron chi connectivity index (χ1n) is 8.56. The zero-order chi connectivity index (χ0) is 18.1. The van der Waals surface area contributed by atoms with Crippen LogP contribution in [0.3, 0.4) is 0 Å². The summed E-state index contributed by atoms with van der Waals surface area (Å²) in [5.41, 5.74) is 2.58. The van der Waals surface area contributed by atoms with Crippen molar-refractivity contribution in [2.45, 2.75) is 25.0 Å². The molecule has 1 aliphatic carbocycles. The van der Waals surface area contributed by atoms with Gasteiger partial charge in [0.25, 0.3) is 5.91 Å². The second-order valence-corrected chi connectivity index (χ2v) is 6.71. The van der Waals surface area contributed by atoms with E-state index in [-0.39, 0.29) is 24.0 Å². The van der Waals surface area contributed by atoms with Crippen LogP contribution in [0.15, 0.2) is 48.8 Å². The van der Waals surface area contributed by atoms with Crippen molar-refractivity contribution in [2.75, 3.05) is 0 Å². The standard InChI is InChI=1S/C20H18N4O2/c21-9-12-5-18(22-10-12)20(26)24-19(14-7-16(25)8-14)15-6-13-3-1-2-4-17(13)23-11-15/h1-6,10-11,14,16,19,22,25H,7-8H2,(H,24,26)/t14?,16?,19-/m1/s1. The van der Waals surface area contributed by atoms with Crippen molar-refractivity contribution >= 4 is 16.8 Å². The van der Waals surface area contributed by atoms with Gasteiger partial charge < -0.3 is 15.4 Å². The number of nitrogens with one attached hydrogen (secondary N) is 2. The summed E-state index contributed by atoms with van der Waals surface area (Å²) in [4.78, 5) is 19.9. The summed E-state index contributed by atoms with van der Waals surface area (Å²) < 4.78 is 0. The number of aliphatic hydroxyl groups is 1.